The highest BCUT2D eigenvalue weighted by atomic mass is 16.2. The summed E-state index contributed by atoms with van der Waals surface area (Å²) in [5, 5.41) is 9.83. The Morgan fingerprint density at radius 3 is 2.80 bits per heavy atom. The lowest BCUT2D eigenvalue weighted by molar-refractivity contribution is -0.122. The first kappa shape index (κ1) is 13.1. The molecule has 108 valence electrons. The predicted molar refractivity (Wildman–Crippen MR) is 74.2 cm³/mol. The molecule has 0 unspecified atom stereocenters. The number of aromatic nitrogens is 2. The van der Waals surface area contributed by atoms with Gasteiger partial charge < -0.3 is 10.6 Å². The second-order valence-electron chi connectivity index (χ2n) is 5.71. The molecule has 0 spiro atoms. The first-order valence-electron chi connectivity index (χ1n) is 7.27. The molecule has 2 fully saturated rings. The fourth-order valence-electron chi connectivity index (χ4n) is 3.17. The number of carbonyl (C=O) groups is 2. The van der Waals surface area contributed by atoms with Crippen LogP contribution < -0.4 is 10.6 Å². The molecule has 6 nitrogen and oxygen atoms in total. The Labute approximate surface area is 117 Å². The highest BCUT2D eigenvalue weighted by Crippen LogP contribution is 2.34. The Morgan fingerprint density at radius 1 is 1.40 bits per heavy atom. The Bertz CT molecular complexity index is 531. The monoisotopic (exact) mass is 276 g/mol. The maximum absolute atomic E-state index is 12.0. The summed E-state index contributed by atoms with van der Waals surface area (Å²) in [6, 6.07) is 1.55. The van der Waals surface area contributed by atoms with Gasteiger partial charge in [0.1, 0.15) is 6.04 Å². The second-order valence-corrected chi connectivity index (χ2v) is 5.71. The summed E-state index contributed by atoms with van der Waals surface area (Å²) >= 11 is 0. The Balaban J connectivity index is 1.67. The number of amides is 2. The van der Waals surface area contributed by atoms with Crippen molar-refractivity contribution >= 4 is 17.6 Å². The van der Waals surface area contributed by atoms with Gasteiger partial charge in [0, 0.05) is 31.1 Å². The molecule has 2 heterocycles. The van der Waals surface area contributed by atoms with E-state index in [1.165, 1.54) is 31.4 Å². The van der Waals surface area contributed by atoms with Crippen LogP contribution >= 0.6 is 0 Å². The molecule has 0 radical (unpaired) electrons. The van der Waals surface area contributed by atoms with E-state index in [4.69, 9.17) is 0 Å². The molecular weight excluding hydrogens is 256 g/mol. The van der Waals surface area contributed by atoms with E-state index in [0.29, 0.717) is 24.6 Å². The van der Waals surface area contributed by atoms with Crippen LogP contribution in [0.15, 0.2) is 6.07 Å². The third-order valence-corrected chi connectivity index (χ3v) is 4.25. The van der Waals surface area contributed by atoms with Gasteiger partial charge in [0.2, 0.25) is 11.8 Å². The molecule has 1 atom stereocenters. The van der Waals surface area contributed by atoms with Crippen molar-refractivity contribution in [2.24, 2.45) is 7.05 Å². The molecule has 6 heteroatoms. The van der Waals surface area contributed by atoms with E-state index < -0.39 is 6.04 Å². The van der Waals surface area contributed by atoms with Gasteiger partial charge in [0.25, 0.3) is 0 Å². The fourth-order valence-corrected chi connectivity index (χ4v) is 3.17. The number of aryl methyl sites for hydroxylation is 1. The minimum absolute atomic E-state index is 0.0576. The van der Waals surface area contributed by atoms with Gasteiger partial charge in [-0.05, 0) is 19.3 Å². The van der Waals surface area contributed by atoms with Gasteiger partial charge in [-0.15, -0.1) is 0 Å². The van der Waals surface area contributed by atoms with Crippen LogP contribution in [0.5, 0.6) is 0 Å². The quantitative estimate of drug-likeness (QED) is 0.873. The molecule has 1 aliphatic carbocycles. The van der Waals surface area contributed by atoms with Crippen molar-refractivity contribution in [3.8, 4) is 0 Å². The number of carbonyl (C=O) groups excluding carboxylic acids is 2. The SMILES string of the molecule is Cn1nc(NC(=O)[C@@H]2CCC(=O)N2)cc1C1CCCC1. The molecule has 0 aromatic carbocycles. The van der Waals surface area contributed by atoms with Gasteiger partial charge >= 0.3 is 0 Å². The van der Waals surface area contributed by atoms with Gasteiger partial charge in [-0.25, -0.2) is 0 Å². The third kappa shape index (κ3) is 2.55. The molecule has 1 aromatic rings. The van der Waals surface area contributed by atoms with Crippen LogP contribution in [0.25, 0.3) is 0 Å². The van der Waals surface area contributed by atoms with Crippen molar-refractivity contribution in [2.75, 3.05) is 5.32 Å². The molecule has 3 rings (SSSR count). The van der Waals surface area contributed by atoms with Crippen LogP contribution in [0.1, 0.15) is 50.1 Å². The third-order valence-electron chi connectivity index (χ3n) is 4.25. The highest BCUT2D eigenvalue weighted by molar-refractivity contribution is 5.98. The second kappa shape index (κ2) is 5.26. The average Bonchev–Trinajstić information content (AvgIpc) is 3.10. The molecule has 0 bridgehead atoms. The number of nitrogens with one attached hydrogen (secondary N) is 2. The maximum atomic E-state index is 12.0. The normalized spacial score (nSPS) is 23.1. The topological polar surface area (TPSA) is 76.0 Å². The van der Waals surface area contributed by atoms with E-state index >= 15 is 0 Å². The minimum Gasteiger partial charge on any atom is -0.344 e. The largest absolute Gasteiger partial charge is 0.344 e. The van der Waals surface area contributed by atoms with Crippen LogP contribution in [0.3, 0.4) is 0 Å². The van der Waals surface area contributed by atoms with E-state index in [0.717, 1.165) is 0 Å². The number of anilines is 1. The summed E-state index contributed by atoms with van der Waals surface area (Å²) in [5.41, 5.74) is 1.19. The molecule has 1 aromatic heterocycles. The summed E-state index contributed by atoms with van der Waals surface area (Å²) in [7, 11) is 1.92. The molecule has 1 aliphatic heterocycles. The fraction of sp³-hybridized carbons (Fsp3) is 0.643. The lowest BCUT2D eigenvalue weighted by Gasteiger charge is -2.08. The molecule has 2 N–H and O–H groups in total. The van der Waals surface area contributed by atoms with Crippen molar-refractivity contribution in [3.05, 3.63) is 11.8 Å². The molecule has 1 saturated heterocycles. The first-order valence-corrected chi connectivity index (χ1v) is 7.27. The van der Waals surface area contributed by atoms with Crippen molar-refractivity contribution in [1.29, 1.82) is 0 Å². The first-order chi connectivity index (χ1) is 9.63. The van der Waals surface area contributed by atoms with E-state index in [1.807, 2.05) is 17.8 Å². The molecule has 2 amide bonds. The lowest BCUT2D eigenvalue weighted by atomic mass is 10.0. The van der Waals surface area contributed by atoms with E-state index in [2.05, 4.69) is 15.7 Å². The predicted octanol–water partition coefficient (Wildman–Crippen LogP) is 1.29. The molecule has 20 heavy (non-hydrogen) atoms. The Kier molecular flexibility index (Phi) is 3.46. The van der Waals surface area contributed by atoms with Crippen LogP contribution in [0.2, 0.25) is 0 Å². The van der Waals surface area contributed by atoms with E-state index in [9.17, 15) is 9.59 Å². The molecule has 2 aliphatic rings. The van der Waals surface area contributed by atoms with Gasteiger partial charge in [-0.2, -0.15) is 5.10 Å². The lowest BCUT2D eigenvalue weighted by Crippen LogP contribution is -2.37. The van der Waals surface area contributed by atoms with Crippen molar-refractivity contribution in [3.63, 3.8) is 0 Å². The number of nitrogens with zero attached hydrogens (tertiary/aromatic N) is 2. The van der Waals surface area contributed by atoms with Crippen LogP contribution in [0, 0.1) is 0 Å². The van der Waals surface area contributed by atoms with E-state index in [-0.39, 0.29) is 11.8 Å². The van der Waals surface area contributed by atoms with Gasteiger partial charge in [-0.3, -0.25) is 14.3 Å². The summed E-state index contributed by atoms with van der Waals surface area (Å²) in [6.45, 7) is 0. The van der Waals surface area contributed by atoms with Crippen LogP contribution in [0.4, 0.5) is 5.82 Å². The summed E-state index contributed by atoms with van der Waals surface area (Å²) in [4.78, 5) is 23.2. The summed E-state index contributed by atoms with van der Waals surface area (Å²) in [5.74, 6) is 0.912. The molecule has 1 saturated carbocycles. The number of hydrogen-bond acceptors (Lipinski definition) is 3. The van der Waals surface area contributed by atoms with Gasteiger partial charge in [0.15, 0.2) is 5.82 Å². The van der Waals surface area contributed by atoms with Gasteiger partial charge in [-0.1, -0.05) is 12.8 Å². The van der Waals surface area contributed by atoms with Crippen molar-refractivity contribution < 1.29 is 9.59 Å². The number of hydrogen-bond donors (Lipinski definition) is 2. The van der Waals surface area contributed by atoms with Crippen LogP contribution in [-0.4, -0.2) is 27.6 Å². The average molecular weight is 276 g/mol. The van der Waals surface area contributed by atoms with Crippen molar-refractivity contribution in [1.82, 2.24) is 15.1 Å². The Morgan fingerprint density at radius 2 is 2.15 bits per heavy atom. The zero-order valence-corrected chi connectivity index (χ0v) is 11.7. The minimum atomic E-state index is -0.417. The van der Waals surface area contributed by atoms with Gasteiger partial charge in [0.05, 0.1) is 0 Å². The summed E-state index contributed by atoms with van der Waals surface area (Å²) in [6.07, 6.45) is 5.93. The smallest absolute Gasteiger partial charge is 0.248 e. The Hall–Kier alpha value is -1.85. The standard InChI is InChI=1S/C14H20N4O2/c1-18-11(9-4-2-3-5-9)8-12(17-18)16-14(20)10-6-7-13(19)15-10/h8-10H,2-7H2,1H3,(H,15,19)(H,16,17,20)/t10-/m0/s1. The van der Waals surface area contributed by atoms with Crippen molar-refractivity contribution in [2.45, 2.75) is 50.5 Å². The zero-order valence-electron chi connectivity index (χ0n) is 11.7. The highest BCUT2D eigenvalue weighted by Gasteiger charge is 2.28. The molecular formula is C14H20N4O2. The number of rotatable bonds is 3. The zero-order chi connectivity index (χ0) is 14.1. The summed E-state index contributed by atoms with van der Waals surface area (Å²) < 4.78 is 1.86. The maximum Gasteiger partial charge on any atom is 0.248 e. The van der Waals surface area contributed by atoms with E-state index in [1.54, 1.807) is 0 Å². The van der Waals surface area contributed by atoms with Crippen LogP contribution in [-0.2, 0) is 16.6 Å².